The molecule has 0 radical (unpaired) electrons. The van der Waals surface area contributed by atoms with Gasteiger partial charge in [0.15, 0.2) is 5.69 Å². The van der Waals surface area contributed by atoms with E-state index in [1.54, 1.807) is 32.2 Å². The lowest BCUT2D eigenvalue weighted by Gasteiger charge is -2.11. The van der Waals surface area contributed by atoms with Crippen LogP contribution in [0.1, 0.15) is 16.2 Å². The van der Waals surface area contributed by atoms with Crippen molar-refractivity contribution in [3.63, 3.8) is 0 Å². The van der Waals surface area contributed by atoms with Gasteiger partial charge in [0.1, 0.15) is 11.5 Å². The van der Waals surface area contributed by atoms with Crippen molar-refractivity contribution in [1.29, 1.82) is 0 Å². The highest BCUT2D eigenvalue weighted by atomic mass is 16.5. The lowest BCUT2D eigenvalue weighted by Crippen LogP contribution is -2.15. The Bertz CT molecular complexity index is 891. The van der Waals surface area contributed by atoms with Crippen LogP contribution in [0, 0.1) is 6.92 Å². The Labute approximate surface area is 145 Å². The van der Waals surface area contributed by atoms with Crippen LogP contribution in [0.25, 0.3) is 5.69 Å². The molecule has 0 aliphatic heterocycles. The molecule has 1 aromatic heterocycles. The molecule has 1 heterocycles. The summed E-state index contributed by atoms with van der Waals surface area (Å²) in [7, 11) is 3.09. The standard InChI is InChI=1S/C18H18N4O3/c1-12-17(21-22(20-12)13-7-5-4-6-8-13)18(23)19-15-11-14(24-2)9-10-16(15)25-3/h4-11H,1-3H3,(H,19,23). The van der Waals surface area contributed by atoms with E-state index in [2.05, 4.69) is 15.5 Å². The van der Waals surface area contributed by atoms with Gasteiger partial charge >= 0.3 is 0 Å². The highest BCUT2D eigenvalue weighted by Gasteiger charge is 2.18. The molecule has 0 saturated carbocycles. The van der Waals surface area contributed by atoms with E-state index < -0.39 is 0 Å². The van der Waals surface area contributed by atoms with E-state index in [1.165, 1.54) is 11.9 Å². The molecular formula is C18H18N4O3. The van der Waals surface area contributed by atoms with Crippen molar-refractivity contribution in [2.24, 2.45) is 0 Å². The number of benzene rings is 2. The number of aromatic nitrogens is 3. The van der Waals surface area contributed by atoms with Gasteiger partial charge < -0.3 is 14.8 Å². The highest BCUT2D eigenvalue weighted by molar-refractivity contribution is 6.04. The Balaban J connectivity index is 1.88. The molecule has 1 amide bonds. The fraction of sp³-hybridized carbons (Fsp3) is 0.167. The van der Waals surface area contributed by atoms with Crippen molar-refractivity contribution < 1.29 is 14.3 Å². The first-order valence-electron chi connectivity index (χ1n) is 7.65. The van der Waals surface area contributed by atoms with Gasteiger partial charge in [-0.2, -0.15) is 9.90 Å². The second-order valence-electron chi connectivity index (χ2n) is 5.28. The van der Waals surface area contributed by atoms with Gasteiger partial charge in [-0.25, -0.2) is 0 Å². The molecule has 1 N–H and O–H groups in total. The first kappa shape index (κ1) is 16.5. The summed E-state index contributed by atoms with van der Waals surface area (Å²) in [6.07, 6.45) is 0. The van der Waals surface area contributed by atoms with Gasteiger partial charge in [-0.3, -0.25) is 4.79 Å². The summed E-state index contributed by atoms with van der Waals surface area (Å²) >= 11 is 0. The molecule has 7 nitrogen and oxygen atoms in total. The number of amides is 1. The minimum atomic E-state index is -0.369. The molecule has 0 aliphatic carbocycles. The van der Waals surface area contributed by atoms with Crippen LogP contribution in [0.4, 0.5) is 5.69 Å². The smallest absolute Gasteiger partial charge is 0.278 e. The monoisotopic (exact) mass is 338 g/mol. The van der Waals surface area contributed by atoms with E-state index in [0.717, 1.165) is 5.69 Å². The van der Waals surface area contributed by atoms with E-state index in [4.69, 9.17) is 9.47 Å². The predicted molar refractivity (Wildman–Crippen MR) is 93.6 cm³/mol. The summed E-state index contributed by atoms with van der Waals surface area (Å²) in [5, 5.41) is 11.4. The number of carbonyl (C=O) groups excluding carboxylic acids is 1. The van der Waals surface area contributed by atoms with Gasteiger partial charge in [0.25, 0.3) is 5.91 Å². The van der Waals surface area contributed by atoms with E-state index in [1.807, 2.05) is 30.3 Å². The lowest BCUT2D eigenvalue weighted by molar-refractivity contribution is 0.102. The maximum atomic E-state index is 12.6. The summed E-state index contributed by atoms with van der Waals surface area (Å²) in [4.78, 5) is 14.1. The van der Waals surface area contributed by atoms with E-state index in [9.17, 15) is 4.79 Å². The topological polar surface area (TPSA) is 78.3 Å². The van der Waals surface area contributed by atoms with Crippen LogP contribution in [0.15, 0.2) is 48.5 Å². The van der Waals surface area contributed by atoms with Crippen LogP contribution >= 0.6 is 0 Å². The molecule has 0 unspecified atom stereocenters. The number of carbonyl (C=O) groups is 1. The van der Waals surface area contributed by atoms with E-state index in [-0.39, 0.29) is 11.6 Å². The van der Waals surface area contributed by atoms with Crippen molar-refractivity contribution in [3.05, 3.63) is 59.9 Å². The van der Waals surface area contributed by atoms with Crippen molar-refractivity contribution in [1.82, 2.24) is 15.0 Å². The number of nitrogens with one attached hydrogen (secondary N) is 1. The zero-order valence-electron chi connectivity index (χ0n) is 14.2. The lowest BCUT2D eigenvalue weighted by atomic mass is 10.2. The maximum Gasteiger partial charge on any atom is 0.278 e. The van der Waals surface area contributed by atoms with Crippen molar-refractivity contribution >= 4 is 11.6 Å². The number of nitrogens with zero attached hydrogens (tertiary/aromatic N) is 3. The van der Waals surface area contributed by atoms with Crippen molar-refractivity contribution in [2.45, 2.75) is 6.92 Å². The third kappa shape index (κ3) is 3.45. The number of rotatable bonds is 5. The zero-order valence-corrected chi connectivity index (χ0v) is 14.2. The molecule has 0 saturated heterocycles. The van der Waals surface area contributed by atoms with Gasteiger partial charge in [-0.1, -0.05) is 18.2 Å². The first-order chi connectivity index (χ1) is 12.1. The molecule has 0 bridgehead atoms. The molecule has 0 spiro atoms. The van der Waals surface area contributed by atoms with E-state index >= 15 is 0 Å². The number of methoxy groups -OCH3 is 2. The van der Waals surface area contributed by atoms with Gasteiger partial charge in [0.05, 0.1) is 31.3 Å². The van der Waals surface area contributed by atoms with Crippen LogP contribution < -0.4 is 14.8 Å². The van der Waals surface area contributed by atoms with Crippen LogP contribution in [-0.4, -0.2) is 35.1 Å². The molecule has 128 valence electrons. The quantitative estimate of drug-likeness (QED) is 0.774. The fourth-order valence-corrected chi connectivity index (χ4v) is 2.36. The SMILES string of the molecule is COc1ccc(OC)c(NC(=O)c2nn(-c3ccccc3)nc2C)c1. The number of aryl methyl sites for hydroxylation is 1. The van der Waals surface area contributed by atoms with E-state index in [0.29, 0.717) is 22.9 Å². The second-order valence-corrected chi connectivity index (χ2v) is 5.28. The predicted octanol–water partition coefficient (Wildman–Crippen LogP) is 2.85. The summed E-state index contributed by atoms with van der Waals surface area (Å²) < 4.78 is 10.5. The summed E-state index contributed by atoms with van der Waals surface area (Å²) in [5.41, 5.74) is 2.06. The maximum absolute atomic E-state index is 12.6. The summed E-state index contributed by atoms with van der Waals surface area (Å²) in [5.74, 6) is 0.772. The summed E-state index contributed by atoms with van der Waals surface area (Å²) in [6, 6.07) is 14.6. The van der Waals surface area contributed by atoms with Gasteiger partial charge in [0, 0.05) is 6.07 Å². The van der Waals surface area contributed by atoms with Crippen molar-refractivity contribution in [2.75, 3.05) is 19.5 Å². The van der Waals surface area contributed by atoms with Gasteiger partial charge in [-0.05, 0) is 31.2 Å². The average Bonchev–Trinajstić information content (AvgIpc) is 3.04. The molecule has 0 fully saturated rings. The van der Waals surface area contributed by atoms with Crippen LogP contribution in [-0.2, 0) is 0 Å². The zero-order chi connectivity index (χ0) is 17.8. The number of hydrogen-bond donors (Lipinski definition) is 1. The Kier molecular flexibility index (Phi) is 4.65. The van der Waals surface area contributed by atoms with Gasteiger partial charge in [0.2, 0.25) is 0 Å². The number of para-hydroxylation sites is 1. The normalized spacial score (nSPS) is 10.4. The average molecular weight is 338 g/mol. The third-order valence-corrected chi connectivity index (χ3v) is 3.64. The largest absolute Gasteiger partial charge is 0.497 e. The first-order valence-corrected chi connectivity index (χ1v) is 7.65. The summed E-state index contributed by atoms with van der Waals surface area (Å²) in [6.45, 7) is 1.74. The number of anilines is 1. The molecular weight excluding hydrogens is 320 g/mol. The Morgan fingerprint density at radius 3 is 2.48 bits per heavy atom. The third-order valence-electron chi connectivity index (χ3n) is 3.64. The molecule has 0 aliphatic rings. The molecule has 7 heteroatoms. The molecule has 0 atom stereocenters. The Morgan fingerprint density at radius 1 is 1.04 bits per heavy atom. The van der Waals surface area contributed by atoms with Crippen LogP contribution in [0.5, 0.6) is 11.5 Å². The van der Waals surface area contributed by atoms with Crippen LogP contribution in [0.2, 0.25) is 0 Å². The number of ether oxygens (including phenoxy) is 2. The molecule has 25 heavy (non-hydrogen) atoms. The second kappa shape index (κ2) is 7.04. The Hall–Kier alpha value is -3.35. The minimum absolute atomic E-state index is 0.244. The molecule has 3 rings (SSSR count). The highest BCUT2D eigenvalue weighted by Crippen LogP contribution is 2.29. The number of hydrogen-bond acceptors (Lipinski definition) is 5. The fourth-order valence-electron chi connectivity index (χ4n) is 2.36. The molecule has 2 aromatic carbocycles. The van der Waals surface area contributed by atoms with Crippen molar-refractivity contribution in [3.8, 4) is 17.2 Å². The Morgan fingerprint density at radius 2 is 1.80 bits per heavy atom. The van der Waals surface area contributed by atoms with Gasteiger partial charge in [-0.15, -0.1) is 5.10 Å². The minimum Gasteiger partial charge on any atom is -0.497 e. The van der Waals surface area contributed by atoms with Crippen LogP contribution in [0.3, 0.4) is 0 Å². The molecule has 3 aromatic rings.